The van der Waals surface area contributed by atoms with Crippen LogP contribution in [0.3, 0.4) is 0 Å². The van der Waals surface area contributed by atoms with Crippen LogP contribution in [0.4, 0.5) is 5.69 Å². The van der Waals surface area contributed by atoms with Gasteiger partial charge in [0, 0.05) is 29.8 Å². The van der Waals surface area contributed by atoms with Gasteiger partial charge < -0.3 is 9.64 Å². The van der Waals surface area contributed by atoms with Crippen LogP contribution >= 0.6 is 27.7 Å². The minimum atomic E-state index is -0.380. The lowest BCUT2D eigenvalue weighted by Gasteiger charge is -2.28. The first-order valence-corrected chi connectivity index (χ1v) is 11.2. The number of hydrogen-bond acceptors (Lipinski definition) is 6. The number of carbonyl (C=O) groups is 2. The molecule has 0 aliphatic carbocycles. The Morgan fingerprint density at radius 1 is 1.20 bits per heavy atom. The molecule has 30 heavy (non-hydrogen) atoms. The quantitative estimate of drug-likeness (QED) is 0.593. The zero-order valence-electron chi connectivity index (χ0n) is 17.3. The maximum Gasteiger partial charge on any atom is 0.346 e. The predicted octanol–water partition coefficient (Wildman–Crippen LogP) is 4.70. The van der Waals surface area contributed by atoms with Crippen LogP contribution < -0.4 is 10.3 Å². The first kappa shape index (κ1) is 22.2. The third-order valence-corrected chi connectivity index (χ3v) is 6.52. The molecule has 1 atom stereocenters. The molecule has 0 spiro atoms. The van der Waals surface area contributed by atoms with Crippen LogP contribution in [-0.2, 0) is 9.53 Å². The first-order chi connectivity index (χ1) is 14.3. The van der Waals surface area contributed by atoms with Gasteiger partial charge in [0.2, 0.25) is 0 Å². The Morgan fingerprint density at radius 2 is 1.90 bits per heavy atom. The van der Waals surface area contributed by atoms with E-state index in [1.807, 2.05) is 62.3 Å². The number of anilines is 1. The molecular formula is C22H24BrN3O3S. The van der Waals surface area contributed by atoms with Gasteiger partial charge in [-0.05, 0) is 49.7 Å². The number of allylic oxidation sites excluding steroid dienone is 1. The van der Waals surface area contributed by atoms with Crippen molar-refractivity contribution in [2.24, 2.45) is 0 Å². The second-order valence-electron chi connectivity index (χ2n) is 6.91. The molecule has 2 aromatic carbocycles. The molecule has 0 unspecified atom stereocenters. The largest absolute Gasteiger partial charge is 0.462 e. The second-order valence-corrected chi connectivity index (χ2v) is 8.92. The van der Waals surface area contributed by atoms with Gasteiger partial charge in [0.25, 0.3) is 5.91 Å². The normalized spacial score (nSPS) is 15.9. The van der Waals surface area contributed by atoms with Crippen molar-refractivity contribution in [3.63, 3.8) is 0 Å². The molecule has 0 bridgehead atoms. The molecule has 1 N–H and O–H groups in total. The molecule has 0 fully saturated rings. The summed E-state index contributed by atoms with van der Waals surface area (Å²) in [5, 5.41) is 1.46. The number of esters is 1. The summed E-state index contributed by atoms with van der Waals surface area (Å²) in [5.74, 6) is -0.634. The number of carbonyl (C=O) groups excluding carboxylic acids is 2. The van der Waals surface area contributed by atoms with E-state index < -0.39 is 0 Å². The van der Waals surface area contributed by atoms with E-state index in [1.165, 1.54) is 11.8 Å². The van der Waals surface area contributed by atoms with Gasteiger partial charge in [-0.3, -0.25) is 15.2 Å². The summed E-state index contributed by atoms with van der Waals surface area (Å²) < 4.78 is 6.04. The molecule has 1 aliphatic heterocycles. The molecule has 0 saturated carbocycles. The topological polar surface area (TPSA) is 61.9 Å². The summed E-state index contributed by atoms with van der Waals surface area (Å²) in [6, 6.07) is 15.2. The third kappa shape index (κ3) is 4.82. The lowest BCUT2D eigenvalue weighted by Crippen LogP contribution is -2.40. The minimum Gasteiger partial charge on any atom is -0.462 e. The number of halogens is 1. The van der Waals surface area contributed by atoms with Gasteiger partial charge in [-0.15, -0.1) is 0 Å². The summed E-state index contributed by atoms with van der Waals surface area (Å²) >= 11 is 4.77. The van der Waals surface area contributed by atoms with E-state index in [4.69, 9.17) is 4.74 Å². The Kier molecular flexibility index (Phi) is 7.10. The lowest BCUT2D eigenvalue weighted by molar-refractivity contribution is -0.137. The smallest absolute Gasteiger partial charge is 0.346 e. The number of benzene rings is 2. The van der Waals surface area contributed by atoms with Crippen LogP contribution in [0.1, 0.15) is 35.1 Å². The lowest BCUT2D eigenvalue weighted by atomic mass is 10.2. The van der Waals surface area contributed by atoms with E-state index in [0.717, 1.165) is 15.7 Å². The Hall–Kier alpha value is -2.45. The number of amides is 1. The van der Waals surface area contributed by atoms with Gasteiger partial charge in [0.15, 0.2) is 0 Å². The maximum atomic E-state index is 12.9. The van der Waals surface area contributed by atoms with Gasteiger partial charge >= 0.3 is 5.97 Å². The molecule has 2 aromatic rings. The molecule has 3 rings (SSSR count). The fraction of sp³-hybridized carbons (Fsp3) is 0.273. The average molecular weight is 490 g/mol. The van der Waals surface area contributed by atoms with Crippen LogP contribution in [0.15, 0.2) is 63.6 Å². The average Bonchev–Trinajstić information content (AvgIpc) is 3.04. The highest BCUT2D eigenvalue weighted by molar-refractivity contribution is 9.10. The number of ether oxygens (including phenoxy) is 1. The van der Waals surface area contributed by atoms with E-state index in [-0.39, 0.29) is 17.3 Å². The van der Waals surface area contributed by atoms with Crippen LogP contribution in [0.2, 0.25) is 0 Å². The van der Waals surface area contributed by atoms with Crippen molar-refractivity contribution in [2.45, 2.75) is 19.2 Å². The molecule has 6 nitrogen and oxygen atoms in total. The van der Waals surface area contributed by atoms with Crippen molar-refractivity contribution in [3.05, 3.63) is 74.7 Å². The van der Waals surface area contributed by atoms with Gasteiger partial charge in [0.1, 0.15) is 10.3 Å². The molecule has 1 amide bonds. The SMILES string of the molecule is CCOC(=O)C1=C(C)N(NC(=O)c2cccc(Br)c2)[C@H](c2ccc(N(C)C)cc2)S1. The zero-order valence-corrected chi connectivity index (χ0v) is 19.7. The van der Waals surface area contributed by atoms with Crippen molar-refractivity contribution in [2.75, 3.05) is 25.6 Å². The van der Waals surface area contributed by atoms with E-state index in [1.54, 1.807) is 24.1 Å². The number of thioether (sulfide) groups is 1. The number of hydrazine groups is 1. The van der Waals surface area contributed by atoms with Crippen molar-refractivity contribution < 1.29 is 14.3 Å². The Bertz CT molecular complexity index is 976. The molecule has 0 saturated heterocycles. The fourth-order valence-electron chi connectivity index (χ4n) is 3.03. The van der Waals surface area contributed by atoms with Crippen molar-refractivity contribution >= 4 is 45.3 Å². The van der Waals surface area contributed by atoms with E-state index in [2.05, 4.69) is 21.4 Å². The monoisotopic (exact) mass is 489 g/mol. The summed E-state index contributed by atoms with van der Waals surface area (Å²) in [6.07, 6.45) is 0. The summed E-state index contributed by atoms with van der Waals surface area (Å²) in [7, 11) is 3.96. The van der Waals surface area contributed by atoms with Gasteiger partial charge in [-0.2, -0.15) is 0 Å². The third-order valence-electron chi connectivity index (χ3n) is 4.62. The van der Waals surface area contributed by atoms with Crippen LogP contribution in [0, 0.1) is 0 Å². The summed E-state index contributed by atoms with van der Waals surface area (Å²) in [5.41, 5.74) is 6.18. The molecule has 8 heteroatoms. The number of hydrogen-bond donors (Lipinski definition) is 1. The predicted molar refractivity (Wildman–Crippen MR) is 124 cm³/mol. The standard InChI is InChI=1S/C22H24BrN3O3S/c1-5-29-22(28)19-14(2)26(24-20(27)16-7-6-8-17(23)13-16)21(30-19)15-9-11-18(12-10-15)25(3)4/h6-13,21H,5H2,1-4H3,(H,24,27)/t21-/m0/s1. The number of nitrogens with one attached hydrogen (secondary N) is 1. The Labute approximate surface area is 189 Å². The number of rotatable bonds is 6. The highest BCUT2D eigenvalue weighted by Gasteiger charge is 2.36. The van der Waals surface area contributed by atoms with Gasteiger partial charge in [0.05, 0.1) is 12.3 Å². The fourth-order valence-corrected chi connectivity index (χ4v) is 4.68. The van der Waals surface area contributed by atoms with E-state index in [0.29, 0.717) is 22.8 Å². The minimum absolute atomic E-state index is 0.253. The summed E-state index contributed by atoms with van der Waals surface area (Å²) in [4.78, 5) is 27.9. The Morgan fingerprint density at radius 3 is 2.50 bits per heavy atom. The van der Waals surface area contributed by atoms with Crippen LogP contribution in [0.5, 0.6) is 0 Å². The Balaban J connectivity index is 1.92. The van der Waals surface area contributed by atoms with Crippen LogP contribution in [0.25, 0.3) is 0 Å². The van der Waals surface area contributed by atoms with Gasteiger partial charge in [-0.25, -0.2) is 4.79 Å². The van der Waals surface area contributed by atoms with Gasteiger partial charge in [-0.1, -0.05) is 45.9 Å². The molecular weight excluding hydrogens is 466 g/mol. The molecule has 1 heterocycles. The van der Waals surface area contributed by atoms with E-state index >= 15 is 0 Å². The van der Waals surface area contributed by atoms with E-state index in [9.17, 15) is 9.59 Å². The molecule has 158 valence electrons. The zero-order chi connectivity index (χ0) is 21.8. The highest BCUT2D eigenvalue weighted by Crippen LogP contribution is 2.47. The van der Waals surface area contributed by atoms with Crippen molar-refractivity contribution in [1.29, 1.82) is 0 Å². The summed E-state index contributed by atoms with van der Waals surface area (Å²) in [6.45, 7) is 3.88. The number of nitrogens with zero attached hydrogens (tertiary/aromatic N) is 2. The van der Waals surface area contributed by atoms with Crippen molar-refractivity contribution in [3.8, 4) is 0 Å². The second kappa shape index (κ2) is 9.57. The maximum absolute atomic E-state index is 12.9. The van der Waals surface area contributed by atoms with Crippen molar-refractivity contribution in [1.82, 2.24) is 10.4 Å². The first-order valence-electron chi connectivity index (χ1n) is 9.49. The molecule has 0 aromatic heterocycles. The van der Waals surface area contributed by atoms with Crippen LogP contribution in [-0.4, -0.2) is 37.6 Å². The highest BCUT2D eigenvalue weighted by atomic mass is 79.9. The molecule has 0 radical (unpaired) electrons. The molecule has 1 aliphatic rings.